The van der Waals surface area contributed by atoms with E-state index in [1.807, 2.05) is 72.2 Å². The highest BCUT2D eigenvalue weighted by Crippen LogP contribution is 2.22. The van der Waals surface area contributed by atoms with Gasteiger partial charge in [-0.05, 0) is 63.1 Å². The fourth-order valence-electron chi connectivity index (χ4n) is 3.03. The molecule has 3 aromatic rings. The average Bonchev–Trinajstić information content (AvgIpc) is 3.15. The van der Waals surface area contributed by atoms with Gasteiger partial charge in [0.1, 0.15) is 0 Å². The van der Waals surface area contributed by atoms with Gasteiger partial charge in [-0.25, -0.2) is 0 Å². The number of pyridine rings is 1. The first kappa shape index (κ1) is 18.8. The molecule has 0 N–H and O–H groups in total. The maximum atomic E-state index is 13.1. The minimum Gasteiger partial charge on any atom is -0.334 e. The Bertz CT molecular complexity index is 929. The van der Waals surface area contributed by atoms with E-state index in [1.165, 1.54) is 0 Å². The number of nitrogens with zero attached hydrogens (tertiary/aromatic N) is 4. The molecule has 0 fully saturated rings. The molecular formula is C22H26N4O. The number of benzene rings is 1. The molecular weight excluding hydrogens is 336 g/mol. The number of carbonyl (C=O) groups excluding carboxylic acids is 1. The molecule has 2 heterocycles. The van der Waals surface area contributed by atoms with Crippen LogP contribution in [0.4, 0.5) is 0 Å². The van der Waals surface area contributed by atoms with E-state index >= 15 is 0 Å². The molecule has 27 heavy (non-hydrogen) atoms. The summed E-state index contributed by atoms with van der Waals surface area (Å²) in [5.41, 5.74) is 4.79. The molecule has 3 rings (SSSR count). The zero-order valence-electron chi connectivity index (χ0n) is 16.4. The molecule has 0 spiro atoms. The molecule has 0 saturated heterocycles. The van der Waals surface area contributed by atoms with Gasteiger partial charge in [0.25, 0.3) is 5.91 Å². The van der Waals surface area contributed by atoms with Crippen molar-refractivity contribution in [3.05, 3.63) is 71.8 Å². The summed E-state index contributed by atoms with van der Waals surface area (Å²) >= 11 is 0. The van der Waals surface area contributed by atoms with Gasteiger partial charge in [-0.2, -0.15) is 5.10 Å². The van der Waals surface area contributed by atoms with Crippen LogP contribution < -0.4 is 0 Å². The molecule has 1 amide bonds. The van der Waals surface area contributed by atoms with Crippen LogP contribution >= 0.6 is 0 Å². The fraction of sp³-hybridized carbons (Fsp3) is 0.318. The second-order valence-electron chi connectivity index (χ2n) is 7.01. The molecule has 0 aliphatic heterocycles. The summed E-state index contributed by atoms with van der Waals surface area (Å²) in [6, 6.07) is 12.1. The van der Waals surface area contributed by atoms with Crippen molar-refractivity contribution in [2.75, 3.05) is 6.54 Å². The van der Waals surface area contributed by atoms with Crippen molar-refractivity contribution in [2.45, 2.75) is 40.3 Å². The number of hydrogen-bond donors (Lipinski definition) is 0. The highest BCUT2D eigenvalue weighted by Gasteiger charge is 2.16. The van der Waals surface area contributed by atoms with Gasteiger partial charge in [0, 0.05) is 48.3 Å². The van der Waals surface area contributed by atoms with Gasteiger partial charge in [0.15, 0.2) is 0 Å². The molecule has 0 bridgehead atoms. The smallest absolute Gasteiger partial charge is 0.254 e. The Labute approximate surface area is 160 Å². The lowest BCUT2D eigenvalue weighted by molar-refractivity contribution is 0.0752. The molecule has 0 atom stereocenters. The van der Waals surface area contributed by atoms with E-state index in [9.17, 15) is 4.79 Å². The lowest BCUT2D eigenvalue weighted by Crippen LogP contribution is -2.30. The first-order valence-electron chi connectivity index (χ1n) is 9.33. The number of amides is 1. The van der Waals surface area contributed by atoms with Crippen molar-refractivity contribution < 1.29 is 4.79 Å². The minimum atomic E-state index is 0.0300. The molecule has 2 aromatic heterocycles. The lowest BCUT2D eigenvalue weighted by atomic mass is 10.0. The Hall–Kier alpha value is -2.95. The Kier molecular flexibility index (Phi) is 5.69. The third-order valence-electron chi connectivity index (χ3n) is 4.57. The van der Waals surface area contributed by atoms with Crippen molar-refractivity contribution in [1.29, 1.82) is 0 Å². The van der Waals surface area contributed by atoms with Gasteiger partial charge in [-0.1, -0.05) is 12.1 Å². The Morgan fingerprint density at radius 1 is 1.19 bits per heavy atom. The SMILES string of the molecule is CCN(Cc1cnn(C(C)C)c1)C(=O)c1cccc(-c2ccnc(C)c2)c1. The van der Waals surface area contributed by atoms with E-state index in [0.29, 0.717) is 24.7 Å². The zero-order valence-corrected chi connectivity index (χ0v) is 16.4. The van der Waals surface area contributed by atoms with Crippen LogP contribution in [0.2, 0.25) is 0 Å². The lowest BCUT2D eigenvalue weighted by Gasteiger charge is -2.20. The molecule has 0 saturated carbocycles. The van der Waals surface area contributed by atoms with E-state index in [-0.39, 0.29) is 5.91 Å². The van der Waals surface area contributed by atoms with Crippen LogP contribution in [-0.2, 0) is 6.54 Å². The molecule has 0 radical (unpaired) electrons. The number of carbonyl (C=O) groups is 1. The maximum absolute atomic E-state index is 13.1. The van der Waals surface area contributed by atoms with E-state index in [2.05, 4.69) is 23.9 Å². The predicted molar refractivity (Wildman–Crippen MR) is 107 cm³/mol. The van der Waals surface area contributed by atoms with Crippen molar-refractivity contribution in [1.82, 2.24) is 19.7 Å². The van der Waals surface area contributed by atoms with Crippen molar-refractivity contribution >= 4 is 5.91 Å². The standard InChI is InChI=1S/C22H26N4O/c1-5-25(14-18-13-24-26(15-18)16(2)3)22(27)21-8-6-7-19(12-21)20-9-10-23-17(4)11-20/h6-13,15-16H,5,14H2,1-4H3. The van der Waals surface area contributed by atoms with Crippen LogP contribution in [-0.4, -0.2) is 32.1 Å². The number of hydrogen-bond acceptors (Lipinski definition) is 3. The van der Waals surface area contributed by atoms with Crippen molar-refractivity contribution in [3.8, 4) is 11.1 Å². The maximum Gasteiger partial charge on any atom is 0.254 e. The van der Waals surface area contributed by atoms with Gasteiger partial charge in [0.2, 0.25) is 0 Å². The number of aryl methyl sites for hydroxylation is 1. The largest absolute Gasteiger partial charge is 0.334 e. The quantitative estimate of drug-likeness (QED) is 0.649. The van der Waals surface area contributed by atoms with Crippen LogP contribution in [0.1, 0.15) is 48.4 Å². The summed E-state index contributed by atoms with van der Waals surface area (Å²) in [6.07, 6.45) is 5.65. The summed E-state index contributed by atoms with van der Waals surface area (Å²) in [4.78, 5) is 19.1. The summed E-state index contributed by atoms with van der Waals surface area (Å²) in [6.45, 7) is 9.35. The topological polar surface area (TPSA) is 51.0 Å². The summed E-state index contributed by atoms with van der Waals surface area (Å²) in [5.74, 6) is 0.0300. The molecule has 140 valence electrons. The molecule has 5 nitrogen and oxygen atoms in total. The van der Waals surface area contributed by atoms with Gasteiger partial charge in [-0.15, -0.1) is 0 Å². The van der Waals surface area contributed by atoms with E-state index in [0.717, 1.165) is 22.4 Å². The van der Waals surface area contributed by atoms with E-state index in [4.69, 9.17) is 0 Å². The second kappa shape index (κ2) is 8.16. The van der Waals surface area contributed by atoms with Crippen molar-refractivity contribution in [2.24, 2.45) is 0 Å². The van der Waals surface area contributed by atoms with Crippen LogP contribution in [0.25, 0.3) is 11.1 Å². The Morgan fingerprint density at radius 3 is 2.63 bits per heavy atom. The highest BCUT2D eigenvalue weighted by atomic mass is 16.2. The van der Waals surface area contributed by atoms with Crippen LogP contribution in [0.3, 0.4) is 0 Å². The first-order chi connectivity index (χ1) is 13.0. The Morgan fingerprint density at radius 2 is 1.96 bits per heavy atom. The third kappa shape index (κ3) is 4.42. The highest BCUT2D eigenvalue weighted by molar-refractivity contribution is 5.95. The van der Waals surface area contributed by atoms with Crippen molar-refractivity contribution in [3.63, 3.8) is 0 Å². The molecule has 5 heteroatoms. The first-order valence-corrected chi connectivity index (χ1v) is 9.33. The number of aromatic nitrogens is 3. The molecule has 0 aliphatic carbocycles. The summed E-state index contributed by atoms with van der Waals surface area (Å²) < 4.78 is 1.92. The van der Waals surface area contributed by atoms with Gasteiger partial charge in [0.05, 0.1) is 6.20 Å². The molecule has 0 aliphatic rings. The minimum absolute atomic E-state index is 0.0300. The van der Waals surface area contributed by atoms with E-state index in [1.54, 1.807) is 6.20 Å². The van der Waals surface area contributed by atoms with Gasteiger partial charge in [-0.3, -0.25) is 14.5 Å². The molecule has 0 unspecified atom stereocenters. The van der Waals surface area contributed by atoms with Crippen LogP contribution in [0.5, 0.6) is 0 Å². The number of rotatable bonds is 6. The predicted octanol–water partition coefficient (Wildman–Crippen LogP) is 4.50. The molecule has 1 aromatic carbocycles. The summed E-state index contributed by atoms with van der Waals surface area (Å²) in [7, 11) is 0. The second-order valence-corrected chi connectivity index (χ2v) is 7.01. The van der Waals surface area contributed by atoms with Gasteiger partial charge >= 0.3 is 0 Å². The normalized spacial score (nSPS) is 11.0. The average molecular weight is 362 g/mol. The Balaban J connectivity index is 1.81. The summed E-state index contributed by atoms with van der Waals surface area (Å²) in [5, 5.41) is 4.37. The zero-order chi connectivity index (χ0) is 19.4. The third-order valence-corrected chi connectivity index (χ3v) is 4.57. The van der Waals surface area contributed by atoms with Gasteiger partial charge < -0.3 is 4.90 Å². The van der Waals surface area contributed by atoms with Crippen LogP contribution in [0.15, 0.2) is 55.0 Å². The van der Waals surface area contributed by atoms with E-state index < -0.39 is 0 Å². The fourth-order valence-corrected chi connectivity index (χ4v) is 3.03. The van der Waals surface area contributed by atoms with Crippen LogP contribution in [0, 0.1) is 6.92 Å². The monoisotopic (exact) mass is 362 g/mol.